The lowest BCUT2D eigenvalue weighted by atomic mass is 10.9. The van der Waals surface area contributed by atoms with Crippen LogP contribution in [0.1, 0.15) is 0 Å². The average Bonchev–Trinajstić information content (AvgIpc) is 1.97. The fourth-order valence-corrected chi connectivity index (χ4v) is 2.45. The lowest BCUT2D eigenvalue weighted by Crippen LogP contribution is -2.49. The lowest BCUT2D eigenvalue weighted by molar-refractivity contribution is 0.234. The molecule has 0 unspecified atom stereocenters. The summed E-state index contributed by atoms with van der Waals surface area (Å²) in [6.45, 7) is 0. The van der Waals surface area contributed by atoms with Gasteiger partial charge in [0.1, 0.15) is 0 Å². The number of carbonyl (C=O) groups is 2. The second kappa shape index (κ2) is 4.63. The van der Waals surface area contributed by atoms with E-state index in [1.165, 1.54) is 10.0 Å². The molecule has 16 heavy (non-hydrogen) atoms. The Balaban J connectivity index is 4.86. The van der Waals surface area contributed by atoms with Gasteiger partial charge in [-0.15, -0.1) is 0 Å². The van der Waals surface area contributed by atoms with E-state index in [-0.39, 0.29) is 3.71 Å². The van der Waals surface area contributed by atoms with Crippen molar-refractivity contribution >= 4 is 32.3 Å². The molecule has 0 aliphatic carbocycles. The molecule has 94 valence electrons. The molecule has 0 heterocycles. The van der Waals surface area contributed by atoms with Crippen LogP contribution in [0.5, 0.6) is 0 Å². The van der Waals surface area contributed by atoms with Gasteiger partial charge in [0.05, 0.1) is 6.26 Å². The van der Waals surface area contributed by atoms with Crippen molar-refractivity contribution in [3.63, 3.8) is 0 Å². The van der Waals surface area contributed by atoms with Gasteiger partial charge in [-0.1, -0.05) is 3.71 Å². The Morgan fingerprint density at radius 1 is 1.19 bits per heavy atom. The summed E-state index contributed by atoms with van der Waals surface area (Å²) in [7, 11) is -7.92. The standard InChI is InChI=1S/C4H10N4O6S2/c1-8(15(2,11)12)16(13,14)7-4(10)6-3(5)9/h1-2H3,(H4,5,6,7,9,10). The number of imide groups is 1. The van der Waals surface area contributed by atoms with Crippen LogP contribution in [-0.2, 0) is 20.2 Å². The summed E-state index contributed by atoms with van der Waals surface area (Å²) in [5.41, 5.74) is 4.54. The van der Waals surface area contributed by atoms with E-state index in [4.69, 9.17) is 0 Å². The van der Waals surface area contributed by atoms with Crippen LogP contribution in [0.25, 0.3) is 0 Å². The monoisotopic (exact) mass is 274 g/mol. The molecule has 0 saturated heterocycles. The molecule has 12 heteroatoms. The van der Waals surface area contributed by atoms with Crippen molar-refractivity contribution in [3.05, 3.63) is 0 Å². The molecule has 0 fully saturated rings. The van der Waals surface area contributed by atoms with Crippen LogP contribution in [0.4, 0.5) is 9.59 Å². The number of nitrogens with one attached hydrogen (secondary N) is 2. The minimum atomic E-state index is -4.59. The van der Waals surface area contributed by atoms with Gasteiger partial charge in [-0.3, -0.25) is 5.32 Å². The second-order valence-electron chi connectivity index (χ2n) is 2.57. The van der Waals surface area contributed by atoms with Crippen molar-refractivity contribution in [2.24, 2.45) is 5.73 Å². The van der Waals surface area contributed by atoms with Crippen LogP contribution in [0.3, 0.4) is 0 Å². The van der Waals surface area contributed by atoms with E-state index in [1.807, 2.05) is 0 Å². The summed E-state index contributed by atoms with van der Waals surface area (Å²) in [6.07, 6.45) is 0.623. The molecule has 0 aliphatic heterocycles. The number of nitrogens with zero attached hydrogens (tertiary/aromatic N) is 1. The van der Waals surface area contributed by atoms with Crippen LogP contribution in [0, 0.1) is 0 Å². The van der Waals surface area contributed by atoms with Crippen molar-refractivity contribution in [2.75, 3.05) is 13.3 Å². The normalized spacial score (nSPS) is 12.2. The number of nitrogens with two attached hydrogens (primary N) is 1. The van der Waals surface area contributed by atoms with Crippen LogP contribution >= 0.6 is 0 Å². The van der Waals surface area contributed by atoms with Gasteiger partial charge < -0.3 is 5.73 Å². The summed E-state index contributed by atoms with van der Waals surface area (Å²) >= 11 is 0. The van der Waals surface area contributed by atoms with Crippen LogP contribution in [0.15, 0.2) is 0 Å². The average molecular weight is 274 g/mol. The molecule has 0 bridgehead atoms. The van der Waals surface area contributed by atoms with Crippen LogP contribution in [-0.4, -0.2) is 45.9 Å². The molecule has 0 aromatic carbocycles. The molecule has 0 atom stereocenters. The maximum Gasteiger partial charge on any atom is 0.337 e. The smallest absolute Gasteiger partial charge is 0.337 e. The molecule has 0 spiro atoms. The number of urea groups is 2. The molecule has 0 radical (unpaired) electrons. The third-order valence-electron chi connectivity index (χ3n) is 1.26. The van der Waals surface area contributed by atoms with Gasteiger partial charge in [-0.25, -0.2) is 22.7 Å². The summed E-state index contributed by atoms with van der Waals surface area (Å²) in [4.78, 5) is 21.0. The predicted octanol–water partition coefficient (Wildman–Crippen LogP) is -2.50. The number of carbonyl (C=O) groups excluding carboxylic acids is 2. The fraction of sp³-hybridized carbons (Fsp3) is 0.500. The zero-order chi connectivity index (χ0) is 13.1. The molecule has 4 N–H and O–H groups in total. The fourth-order valence-electron chi connectivity index (χ4n) is 0.497. The van der Waals surface area contributed by atoms with Crippen molar-refractivity contribution in [1.29, 1.82) is 0 Å². The van der Waals surface area contributed by atoms with Crippen molar-refractivity contribution < 1.29 is 26.4 Å². The zero-order valence-corrected chi connectivity index (χ0v) is 9.92. The predicted molar refractivity (Wildman–Crippen MR) is 52.8 cm³/mol. The van der Waals surface area contributed by atoms with E-state index in [0.29, 0.717) is 6.26 Å². The molecule has 4 amide bonds. The van der Waals surface area contributed by atoms with Gasteiger partial charge in [0.2, 0.25) is 10.0 Å². The molecule has 0 rings (SSSR count). The molecule has 0 aliphatic rings. The Kier molecular flexibility index (Phi) is 4.22. The highest BCUT2D eigenvalue weighted by Gasteiger charge is 2.28. The van der Waals surface area contributed by atoms with Gasteiger partial charge in [0.25, 0.3) is 0 Å². The van der Waals surface area contributed by atoms with Gasteiger partial charge >= 0.3 is 22.3 Å². The summed E-state index contributed by atoms with van der Waals surface area (Å²) in [6, 6.07) is -2.74. The van der Waals surface area contributed by atoms with Crippen molar-refractivity contribution in [3.8, 4) is 0 Å². The molecule has 10 nitrogen and oxygen atoms in total. The summed E-state index contributed by atoms with van der Waals surface area (Å²) in [5, 5.41) is 1.39. The number of amides is 4. The highest BCUT2D eigenvalue weighted by Crippen LogP contribution is 1.99. The second-order valence-corrected chi connectivity index (χ2v) is 6.52. The van der Waals surface area contributed by atoms with Gasteiger partial charge in [0, 0.05) is 7.05 Å². The van der Waals surface area contributed by atoms with E-state index in [1.54, 1.807) is 0 Å². The Morgan fingerprint density at radius 3 is 1.94 bits per heavy atom. The Hall–Kier alpha value is -1.40. The zero-order valence-electron chi connectivity index (χ0n) is 8.29. The van der Waals surface area contributed by atoms with Gasteiger partial charge in [0.15, 0.2) is 0 Å². The SMILES string of the molecule is CN(S(C)(=O)=O)S(=O)(=O)NC(=O)NC(N)=O. The summed E-state index contributed by atoms with van der Waals surface area (Å²) < 4.78 is 45.3. The minimum Gasteiger partial charge on any atom is -0.351 e. The quantitative estimate of drug-likeness (QED) is 0.516. The highest BCUT2D eigenvalue weighted by atomic mass is 32.3. The Labute approximate surface area is 92.0 Å². The first-order valence-corrected chi connectivity index (χ1v) is 6.83. The van der Waals surface area contributed by atoms with E-state index >= 15 is 0 Å². The first-order valence-electron chi connectivity index (χ1n) is 3.54. The van der Waals surface area contributed by atoms with Gasteiger partial charge in [-0.2, -0.15) is 8.42 Å². The van der Waals surface area contributed by atoms with Crippen LogP contribution < -0.4 is 15.8 Å². The highest BCUT2D eigenvalue weighted by molar-refractivity contribution is 8.03. The molecule has 0 aromatic heterocycles. The third kappa shape index (κ3) is 4.41. The molecule has 0 saturated carbocycles. The topological polar surface area (TPSA) is 156 Å². The summed E-state index contributed by atoms with van der Waals surface area (Å²) in [5.74, 6) is 0. The lowest BCUT2D eigenvalue weighted by Gasteiger charge is -2.14. The largest absolute Gasteiger partial charge is 0.351 e. The van der Waals surface area contributed by atoms with E-state index in [9.17, 15) is 26.4 Å². The maximum atomic E-state index is 11.2. The molecular formula is C4H10N4O6S2. The number of hydrogen-bond acceptors (Lipinski definition) is 6. The van der Waals surface area contributed by atoms with Gasteiger partial charge in [-0.05, 0) is 0 Å². The number of primary amides is 1. The molecule has 0 aromatic rings. The first kappa shape index (κ1) is 14.6. The van der Waals surface area contributed by atoms with E-state index in [2.05, 4.69) is 5.73 Å². The Morgan fingerprint density at radius 2 is 1.62 bits per heavy atom. The minimum absolute atomic E-state index is 0.0689. The van der Waals surface area contributed by atoms with Crippen LogP contribution in [0.2, 0.25) is 0 Å². The Bertz CT molecular complexity index is 493. The van der Waals surface area contributed by atoms with Crippen molar-refractivity contribution in [2.45, 2.75) is 0 Å². The first-order chi connectivity index (χ1) is 6.97. The van der Waals surface area contributed by atoms with E-state index < -0.39 is 32.3 Å². The van der Waals surface area contributed by atoms with E-state index in [0.717, 1.165) is 7.05 Å². The third-order valence-corrected chi connectivity index (χ3v) is 4.72. The number of rotatable bonds is 3. The maximum absolute atomic E-state index is 11.2. The number of hydrogen-bond donors (Lipinski definition) is 3. The van der Waals surface area contributed by atoms with Crippen molar-refractivity contribution in [1.82, 2.24) is 13.7 Å². The molecular weight excluding hydrogens is 264 g/mol. The number of sulfonamides is 1.